The number of hydroxylamine groups is 1. The predicted octanol–water partition coefficient (Wildman–Crippen LogP) is 0.932. The molecule has 0 saturated heterocycles. The summed E-state index contributed by atoms with van der Waals surface area (Å²) in [6, 6.07) is 8.16. The Morgan fingerprint density at radius 1 is 1.41 bits per heavy atom. The maximum absolute atomic E-state index is 10.9. The first kappa shape index (κ1) is 13.6. The number of aliphatic hydroxyl groups is 1. The molecule has 0 aromatic heterocycles. The summed E-state index contributed by atoms with van der Waals surface area (Å²) in [5, 5.41) is 18.5. The highest BCUT2D eigenvalue weighted by atomic mass is 16.6. The molecule has 0 radical (unpaired) electrons. The molecule has 1 aromatic carbocycles. The van der Waals surface area contributed by atoms with Crippen molar-refractivity contribution in [3.63, 3.8) is 0 Å². The molecule has 0 bridgehead atoms. The van der Waals surface area contributed by atoms with E-state index in [9.17, 15) is 9.90 Å². The Morgan fingerprint density at radius 2 is 2.00 bits per heavy atom. The minimum Gasteiger partial charge on any atom is -0.480 e. The van der Waals surface area contributed by atoms with E-state index in [1.807, 2.05) is 30.3 Å². The summed E-state index contributed by atoms with van der Waals surface area (Å²) in [7, 11) is 0. The van der Waals surface area contributed by atoms with Gasteiger partial charge in [-0.2, -0.15) is 5.48 Å². The molecule has 94 valence electrons. The van der Waals surface area contributed by atoms with Gasteiger partial charge in [-0.05, 0) is 19.4 Å². The largest absolute Gasteiger partial charge is 0.480 e. The van der Waals surface area contributed by atoms with Crippen molar-refractivity contribution in [3.05, 3.63) is 35.9 Å². The van der Waals surface area contributed by atoms with Crippen LogP contribution in [0.15, 0.2) is 30.3 Å². The maximum Gasteiger partial charge on any atom is 0.326 e. The van der Waals surface area contributed by atoms with Crippen LogP contribution in [0.5, 0.6) is 0 Å². The first-order valence-electron chi connectivity index (χ1n) is 5.27. The van der Waals surface area contributed by atoms with E-state index < -0.39 is 17.6 Å². The van der Waals surface area contributed by atoms with E-state index in [1.54, 1.807) is 0 Å². The lowest BCUT2D eigenvalue weighted by Crippen LogP contribution is -2.51. The summed E-state index contributed by atoms with van der Waals surface area (Å²) in [4.78, 5) is 16.0. The van der Waals surface area contributed by atoms with Gasteiger partial charge in [-0.15, -0.1) is 0 Å². The first-order chi connectivity index (χ1) is 7.91. The van der Waals surface area contributed by atoms with Crippen LogP contribution in [-0.2, 0) is 16.2 Å². The van der Waals surface area contributed by atoms with E-state index >= 15 is 0 Å². The van der Waals surface area contributed by atoms with Crippen LogP contribution in [0.3, 0.4) is 0 Å². The number of carboxylic acids is 1. The quantitative estimate of drug-likeness (QED) is 0.644. The van der Waals surface area contributed by atoms with Gasteiger partial charge in [0.05, 0.1) is 12.2 Å². The zero-order chi connectivity index (χ0) is 12.9. The summed E-state index contributed by atoms with van der Waals surface area (Å²) in [6.07, 6.45) is 0. The number of hydrogen-bond acceptors (Lipinski definition) is 4. The fourth-order valence-electron chi connectivity index (χ4n) is 1.28. The third-order valence-corrected chi connectivity index (χ3v) is 2.24. The van der Waals surface area contributed by atoms with Gasteiger partial charge < -0.3 is 10.2 Å². The van der Waals surface area contributed by atoms with Gasteiger partial charge >= 0.3 is 5.97 Å². The molecule has 0 saturated carbocycles. The van der Waals surface area contributed by atoms with Crippen molar-refractivity contribution in [2.75, 3.05) is 0 Å². The number of hydrogen-bond donors (Lipinski definition) is 3. The normalized spacial score (nSPS) is 13.4. The van der Waals surface area contributed by atoms with Crippen LogP contribution in [0.1, 0.15) is 19.4 Å². The van der Waals surface area contributed by atoms with Gasteiger partial charge in [-0.25, -0.2) is 0 Å². The van der Waals surface area contributed by atoms with Crippen LogP contribution in [-0.4, -0.2) is 27.8 Å². The SMILES string of the molecule is CC(C)(O)[C@H](NOCc1ccccc1)C(=O)O. The molecule has 0 spiro atoms. The highest BCUT2D eigenvalue weighted by Gasteiger charge is 2.33. The minimum absolute atomic E-state index is 0.237. The lowest BCUT2D eigenvalue weighted by Gasteiger charge is -2.25. The molecule has 5 heteroatoms. The summed E-state index contributed by atoms with van der Waals surface area (Å²) in [5.41, 5.74) is 1.87. The van der Waals surface area contributed by atoms with E-state index in [0.717, 1.165) is 5.56 Å². The van der Waals surface area contributed by atoms with Crippen LogP contribution in [0.25, 0.3) is 0 Å². The van der Waals surface area contributed by atoms with E-state index in [1.165, 1.54) is 13.8 Å². The second-order valence-corrected chi connectivity index (χ2v) is 4.32. The lowest BCUT2D eigenvalue weighted by molar-refractivity contribution is -0.155. The predicted molar refractivity (Wildman–Crippen MR) is 62.1 cm³/mol. The summed E-state index contributed by atoms with van der Waals surface area (Å²) >= 11 is 0. The zero-order valence-corrected chi connectivity index (χ0v) is 9.88. The van der Waals surface area contributed by atoms with Gasteiger partial charge in [0.1, 0.15) is 0 Å². The molecule has 0 amide bonds. The molecule has 0 fully saturated rings. The molecule has 3 N–H and O–H groups in total. The highest BCUT2D eigenvalue weighted by Crippen LogP contribution is 2.09. The average Bonchev–Trinajstić information content (AvgIpc) is 2.23. The molecule has 0 aliphatic heterocycles. The van der Waals surface area contributed by atoms with Crippen molar-refractivity contribution in [1.29, 1.82) is 0 Å². The van der Waals surface area contributed by atoms with E-state index in [4.69, 9.17) is 9.94 Å². The number of rotatable bonds is 6. The average molecular weight is 239 g/mol. The van der Waals surface area contributed by atoms with Crippen LogP contribution >= 0.6 is 0 Å². The minimum atomic E-state index is -1.40. The number of carboxylic acid groups (broad SMARTS) is 1. The van der Waals surface area contributed by atoms with E-state index in [0.29, 0.717) is 0 Å². The molecule has 1 aromatic rings. The Kier molecular flexibility index (Phi) is 4.62. The summed E-state index contributed by atoms with van der Waals surface area (Å²) < 4.78 is 0. The van der Waals surface area contributed by atoms with E-state index in [-0.39, 0.29) is 6.61 Å². The van der Waals surface area contributed by atoms with Crippen molar-refractivity contribution < 1.29 is 19.8 Å². The standard InChI is InChI=1S/C12H17NO4/c1-12(2,16)10(11(14)15)13-17-8-9-6-4-3-5-7-9/h3-7,10,13,16H,8H2,1-2H3,(H,14,15)/t10-/m1/s1. The van der Waals surface area contributed by atoms with Crippen LogP contribution in [0, 0.1) is 0 Å². The number of benzene rings is 1. The van der Waals surface area contributed by atoms with Crippen molar-refractivity contribution in [3.8, 4) is 0 Å². The smallest absolute Gasteiger partial charge is 0.326 e. The number of nitrogens with one attached hydrogen (secondary N) is 1. The van der Waals surface area contributed by atoms with Gasteiger partial charge in [-0.3, -0.25) is 9.63 Å². The number of carbonyl (C=O) groups is 1. The molecule has 0 unspecified atom stereocenters. The summed E-state index contributed by atoms with van der Waals surface area (Å²) in [6.45, 7) is 3.05. The molecule has 0 aliphatic carbocycles. The fraction of sp³-hybridized carbons (Fsp3) is 0.417. The van der Waals surface area contributed by atoms with Crippen molar-refractivity contribution in [1.82, 2.24) is 5.48 Å². The van der Waals surface area contributed by atoms with Crippen LogP contribution < -0.4 is 5.48 Å². The molecule has 1 rings (SSSR count). The van der Waals surface area contributed by atoms with Crippen molar-refractivity contribution >= 4 is 5.97 Å². The van der Waals surface area contributed by atoms with Crippen molar-refractivity contribution in [2.45, 2.75) is 32.1 Å². The zero-order valence-electron chi connectivity index (χ0n) is 9.88. The van der Waals surface area contributed by atoms with Crippen LogP contribution in [0.4, 0.5) is 0 Å². The molecule has 1 atom stereocenters. The topological polar surface area (TPSA) is 78.8 Å². The molecular formula is C12H17NO4. The van der Waals surface area contributed by atoms with Gasteiger partial charge in [0.15, 0.2) is 6.04 Å². The molecule has 0 heterocycles. The maximum atomic E-state index is 10.9. The summed E-state index contributed by atoms with van der Waals surface area (Å²) in [5.74, 6) is -1.16. The fourth-order valence-corrected chi connectivity index (χ4v) is 1.28. The molecule has 5 nitrogen and oxygen atoms in total. The lowest BCUT2D eigenvalue weighted by atomic mass is 10.0. The number of aliphatic carboxylic acids is 1. The molecular weight excluding hydrogens is 222 g/mol. The second kappa shape index (κ2) is 5.77. The van der Waals surface area contributed by atoms with Crippen LogP contribution in [0.2, 0.25) is 0 Å². The van der Waals surface area contributed by atoms with Crippen molar-refractivity contribution in [2.24, 2.45) is 0 Å². The molecule has 17 heavy (non-hydrogen) atoms. The Bertz CT molecular complexity index is 359. The highest BCUT2D eigenvalue weighted by molar-refractivity contribution is 5.74. The van der Waals surface area contributed by atoms with E-state index in [2.05, 4.69) is 5.48 Å². The monoisotopic (exact) mass is 239 g/mol. The third kappa shape index (κ3) is 4.52. The Balaban J connectivity index is 2.46. The third-order valence-electron chi connectivity index (χ3n) is 2.24. The molecule has 0 aliphatic rings. The van der Waals surface area contributed by atoms with Gasteiger partial charge in [0.2, 0.25) is 0 Å². The van der Waals surface area contributed by atoms with Gasteiger partial charge in [0, 0.05) is 0 Å². The Labute approximate surface area is 100.0 Å². The van der Waals surface area contributed by atoms with Gasteiger partial charge in [-0.1, -0.05) is 30.3 Å². The Hall–Kier alpha value is -1.43. The second-order valence-electron chi connectivity index (χ2n) is 4.32. The van der Waals surface area contributed by atoms with Gasteiger partial charge in [0.25, 0.3) is 0 Å². The Morgan fingerprint density at radius 3 is 2.47 bits per heavy atom. The first-order valence-corrected chi connectivity index (χ1v) is 5.27.